The highest BCUT2D eigenvalue weighted by atomic mass is 16.5. The second-order valence-corrected chi connectivity index (χ2v) is 7.82. The fourth-order valence-corrected chi connectivity index (χ4v) is 4.61. The van der Waals surface area contributed by atoms with Crippen LogP contribution in [0.2, 0.25) is 0 Å². The molecule has 2 aliphatic heterocycles. The normalized spacial score (nSPS) is 22.7. The van der Waals surface area contributed by atoms with E-state index in [0.29, 0.717) is 6.42 Å². The summed E-state index contributed by atoms with van der Waals surface area (Å²) in [6.45, 7) is 4.89. The molecule has 26 heavy (non-hydrogen) atoms. The van der Waals surface area contributed by atoms with Crippen LogP contribution in [-0.2, 0) is 30.5 Å². The van der Waals surface area contributed by atoms with E-state index in [-0.39, 0.29) is 5.41 Å². The molecule has 1 fully saturated rings. The maximum Gasteiger partial charge on any atom is 0.0669 e. The van der Waals surface area contributed by atoms with Crippen LogP contribution in [0.1, 0.15) is 28.7 Å². The first-order chi connectivity index (χ1) is 12.8. The van der Waals surface area contributed by atoms with E-state index in [1.807, 2.05) is 0 Å². The molecule has 3 nitrogen and oxygen atoms in total. The van der Waals surface area contributed by atoms with Crippen LogP contribution < -0.4 is 0 Å². The van der Waals surface area contributed by atoms with Crippen molar-refractivity contribution in [3.8, 4) is 6.07 Å². The number of hydrogen-bond acceptors (Lipinski definition) is 3. The highest BCUT2D eigenvalue weighted by Crippen LogP contribution is 2.35. The molecule has 2 aliphatic rings. The molecular weight excluding hydrogens is 320 g/mol. The number of rotatable bonds is 5. The largest absolute Gasteiger partial charge is 0.381 e. The average Bonchev–Trinajstić information content (AvgIpc) is 3.11. The van der Waals surface area contributed by atoms with Crippen molar-refractivity contribution < 1.29 is 4.74 Å². The Balaban J connectivity index is 1.50. The summed E-state index contributed by atoms with van der Waals surface area (Å²) >= 11 is 0. The molecule has 0 N–H and O–H groups in total. The monoisotopic (exact) mass is 346 g/mol. The Morgan fingerprint density at radius 3 is 2.77 bits per heavy atom. The van der Waals surface area contributed by atoms with Gasteiger partial charge >= 0.3 is 0 Å². The first-order valence-corrected chi connectivity index (χ1v) is 9.59. The van der Waals surface area contributed by atoms with Gasteiger partial charge in [-0.25, -0.2) is 0 Å². The lowest BCUT2D eigenvalue weighted by Crippen LogP contribution is -2.42. The zero-order valence-corrected chi connectivity index (χ0v) is 15.3. The van der Waals surface area contributed by atoms with Crippen LogP contribution in [0, 0.1) is 16.7 Å². The summed E-state index contributed by atoms with van der Waals surface area (Å²) < 4.78 is 5.83. The van der Waals surface area contributed by atoms with Gasteiger partial charge in [-0.2, -0.15) is 5.26 Å². The molecule has 0 amide bonds. The van der Waals surface area contributed by atoms with E-state index < -0.39 is 0 Å². The van der Waals surface area contributed by atoms with Gasteiger partial charge in [-0.1, -0.05) is 48.5 Å². The van der Waals surface area contributed by atoms with Crippen LogP contribution in [0.5, 0.6) is 0 Å². The predicted molar refractivity (Wildman–Crippen MR) is 103 cm³/mol. The fraction of sp³-hybridized carbons (Fsp3) is 0.435. The second-order valence-electron chi connectivity index (χ2n) is 7.82. The molecule has 0 spiro atoms. The van der Waals surface area contributed by atoms with E-state index in [2.05, 4.69) is 59.5 Å². The van der Waals surface area contributed by atoms with Gasteiger partial charge in [0.05, 0.1) is 19.1 Å². The maximum absolute atomic E-state index is 9.06. The number of nitriles is 1. The molecule has 3 heteroatoms. The Labute approximate surface area is 156 Å². The molecule has 0 saturated carbocycles. The lowest BCUT2D eigenvalue weighted by Gasteiger charge is -2.37. The molecule has 1 saturated heterocycles. The zero-order valence-electron chi connectivity index (χ0n) is 15.3. The lowest BCUT2D eigenvalue weighted by molar-refractivity contribution is 0.103. The van der Waals surface area contributed by atoms with Gasteiger partial charge in [-0.15, -0.1) is 0 Å². The van der Waals surface area contributed by atoms with Gasteiger partial charge in [0.15, 0.2) is 0 Å². The summed E-state index contributed by atoms with van der Waals surface area (Å²) in [6, 6.07) is 19.6. The van der Waals surface area contributed by atoms with Crippen molar-refractivity contribution in [2.24, 2.45) is 5.41 Å². The standard InChI is InChI=1S/C23H26N2O/c24-12-9-20-7-4-8-21-16-25(13-10-22(20)21)17-23(11-14-26-18-23)15-19-5-2-1-3-6-19/h1-8H,9-11,13-18H2. The molecular formula is C23H26N2O. The zero-order chi connectivity index (χ0) is 17.8. The molecule has 0 bridgehead atoms. The van der Waals surface area contributed by atoms with Crippen molar-refractivity contribution >= 4 is 0 Å². The summed E-state index contributed by atoms with van der Waals surface area (Å²) in [7, 11) is 0. The van der Waals surface area contributed by atoms with Gasteiger partial charge in [-0.3, -0.25) is 4.90 Å². The van der Waals surface area contributed by atoms with Crippen LogP contribution in [-0.4, -0.2) is 31.2 Å². The number of ether oxygens (including phenoxy) is 1. The fourth-order valence-electron chi connectivity index (χ4n) is 4.61. The number of fused-ring (bicyclic) bond motifs is 1. The summed E-state index contributed by atoms with van der Waals surface area (Å²) in [5, 5.41) is 9.06. The third-order valence-electron chi connectivity index (χ3n) is 5.88. The van der Waals surface area contributed by atoms with E-state index in [4.69, 9.17) is 10.00 Å². The minimum Gasteiger partial charge on any atom is -0.381 e. The molecule has 2 aromatic carbocycles. The number of hydrogen-bond donors (Lipinski definition) is 0. The predicted octanol–water partition coefficient (Wildman–Crippen LogP) is 3.76. The topological polar surface area (TPSA) is 36.3 Å². The van der Waals surface area contributed by atoms with Crippen molar-refractivity contribution in [2.75, 3.05) is 26.3 Å². The summed E-state index contributed by atoms with van der Waals surface area (Å²) in [5.41, 5.74) is 5.66. The quantitative estimate of drug-likeness (QED) is 0.827. The number of nitrogens with zero attached hydrogens (tertiary/aromatic N) is 2. The maximum atomic E-state index is 9.06. The van der Waals surface area contributed by atoms with Crippen molar-refractivity contribution in [1.29, 1.82) is 5.26 Å². The molecule has 1 unspecified atom stereocenters. The Morgan fingerprint density at radius 1 is 1.12 bits per heavy atom. The molecule has 0 radical (unpaired) electrons. The Kier molecular flexibility index (Phi) is 5.06. The van der Waals surface area contributed by atoms with Crippen molar-refractivity contribution in [1.82, 2.24) is 4.90 Å². The summed E-state index contributed by atoms with van der Waals surface area (Å²) in [5.74, 6) is 0. The highest BCUT2D eigenvalue weighted by molar-refractivity contribution is 5.38. The molecule has 4 rings (SSSR count). The molecule has 134 valence electrons. The van der Waals surface area contributed by atoms with Crippen LogP contribution in [0.15, 0.2) is 48.5 Å². The first kappa shape index (κ1) is 17.3. The minimum absolute atomic E-state index is 0.225. The van der Waals surface area contributed by atoms with Gasteiger partial charge in [0.2, 0.25) is 0 Å². The van der Waals surface area contributed by atoms with Gasteiger partial charge in [0.1, 0.15) is 0 Å². The van der Waals surface area contributed by atoms with Gasteiger partial charge in [0, 0.05) is 31.7 Å². The average molecular weight is 346 g/mol. The first-order valence-electron chi connectivity index (χ1n) is 9.59. The molecule has 0 aromatic heterocycles. The summed E-state index contributed by atoms with van der Waals surface area (Å²) in [4.78, 5) is 2.59. The van der Waals surface area contributed by atoms with E-state index in [0.717, 1.165) is 52.1 Å². The minimum atomic E-state index is 0.225. The molecule has 0 aliphatic carbocycles. The Bertz CT molecular complexity index is 788. The van der Waals surface area contributed by atoms with Crippen molar-refractivity contribution in [2.45, 2.75) is 32.2 Å². The Morgan fingerprint density at radius 2 is 2.00 bits per heavy atom. The van der Waals surface area contributed by atoms with Crippen LogP contribution in [0.25, 0.3) is 0 Å². The lowest BCUT2D eigenvalue weighted by atomic mass is 9.79. The van der Waals surface area contributed by atoms with Crippen LogP contribution in [0.4, 0.5) is 0 Å². The van der Waals surface area contributed by atoms with Crippen molar-refractivity contribution in [3.63, 3.8) is 0 Å². The molecule has 2 heterocycles. The van der Waals surface area contributed by atoms with Crippen LogP contribution >= 0.6 is 0 Å². The van der Waals surface area contributed by atoms with Gasteiger partial charge < -0.3 is 4.74 Å². The van der Waals surface area contributed by atoms with Gasteiger partial charge in [-0.05, 0) is 41.5 Å². The van der Waals surface area contributed by atoms with Crippen LogP contribution in [0.3, 0.4) is 0 Å². The highest BCUT2D eigenvalue weighted by Gasteiger charge is 2.37. The van der Waals surface area contributed by atoms with Crippen molar-refractivity contribution in [3.05, 3.63) is 70.8 Å². The van der Waals surface area contributed by atoms with Gasteiger partial charge in [0.25, 0.3) is 0 Å². The van der Waals surface area contributed by atoms with E-state index in [1.165, 1.54) is 22.3 Å². The van der Waals surface area contributed by atoms with E-state index in [9.17, 15) is 0 Å². The molecule has 1 atom stereocenters. The second kappa shape index (κ2) is 7.61. The van der Waals surface area contributed by atoms with E-state index in [1.54, 1.807) is 0 Å². The SMILES string of the molecule is N#CCc1cccc2c1CCN(CC1(Cc3ccccc3)CCOC1)C2. The number of benzene rings is 2. The third kappa shape index (κ3) is 3.67. The summed E-state index contributed by atoms with van der Waals surface area (Å²) in [6.07, 6.45) is 3.80. The Hall–Kier alpha value is -2.15. The smallest absolute Gasteiger partial charge is 0.0669 e. The third-order valence-corrected chi connectivity index (χ3v) is 5.88. The molecule has 2 aromatic rings. The van der Waals surface area contributed by atoms with E-state index >= 15 is 0 Å².